The molecule has 1 spiro atoms. The molecule has 2 saturated carbocycles. The second-order valence-corrected chi connectivity index (χ2v) is 10.8. The lowest BCUT2D eigenvalue weighted by atomic mass is 9.37. The Morgan fingerprint density at radius 2 is 2.06 bits per heavy atom. The van der Waals surface area contributed by atoms with Crippen LogP contribution in [0.25, 0.3) is 0 Å². The third-order valence-corrected chi connectivity index (χ3v) is 9.50. The SMILES string of the molecule is Fc1ccc(NCC2CC3N(C(c4ccccc4Cl)C4CCC=CC4Cl)C4CCC243)nc1. The molecule has 3 fully saturated rings. The van der Waals surface area contributed by atoms with Crippen LogP contribution in [0.3, 0.4) is 0 Å². The van der Waals surface area contributed by atoms with Crippen molar-refractivity contribution in [3.8, 4) is 0 Å². The van der Waals surface area contributed by atoms with Gasteiger partial charge in [0.15, 0.2) is 0 Å². The highest BCUT2D eigenvalue weighted by Gasteiger charge is 2.76. The third kappa shape index (κ3) is 3.06. The number of rotatable bonds is 6. The molecule has 0 radical (unpaired) electrons. The molecule has 2 aromatic rings. The maximum atomic E-state index is 13.2. The van der Waals surface area contributed by atoms with Crippen LogP contribution in [0.4, 0.5) is 10.2 Å². The van der Waals surface area contributed by atoms with Crippen molar-refractivity contribution >= 4 is 29.0 Å². The number of piperidine rings is 2. The van der Waals surface area contributed by atoms with E-state index in [0.29, 0.717) is 29.3 Å². The van der Waals surface area contributed by atoms with Gasteiger partial charge in [-0.05, 0) is 67.7 Å². The minimum Gasteiger partial charge on any atom is -0.370 e. The van der Waals surface area contributed by atoms with E-state index < -0.39 is 0 Å². The summed E-state index contributed by atoms with van der Waals surface area (Å²) in [6.45, 7) is 0.903. The molecule has 3 aliphatic carbocycles. The van der Waals surface area contributed by atoms with E-state index in [1.165, 1.54) is 37.1 Å². The first kappa shape index (κ1) is 20.9. The van der Waals surface area contributed by atoms with E-state index >= 15 is 0 Å². The average Bonchev–Trinajstić information content (AvgIpc) is 2.76. The van der Waals surface area contributed by atoms with Gasteiger partial charge in [-0.2, -0.15) is 0 Å². The number of anilines is 1. The fourth-order valence-electron chi connectivity index (χ4n) is 7.10. The minimum absolute atomic E-state index is 0.0437. The smallest absolute Gasteiger partial charge is 0.141 e. The molecule has 1 aromatic carbocycles. The molecule has 1 saturated heterocycles. The zero-order valence-electron chi connectivity index (χ0n) is 17.9. The van der Waals surface area contributed by atoms with E-state index in [4.69, 9.17) is 23.2 Å². The monoisotopic (exact) mass is 471 g/mol. The van der Waals surface area contributed by atoms with Crippen molar-refractivity contribution in [3.05, 3.63) is 71.2 Å². The van der Waals surface area contributed by atoms with Gasteiger partial charge in [-0.1, -0.05) is 42.0 Å². The number of allylic oxidation sites excluding steroid dienone is 2. The van der Waals surface area contributed by atoms with Crippen LogP contribution >= 0.6 is 23.2 Å². The zero-order chi connectivity index (χ0) is 21.9. The normalized spacial score (nSPS) is 36.2. The molecule has 6 rings (SSSR count). The van der Waals surface area contributed by atoms with Gasteiger partial charge in [0.2, 0.25) is 0 Å². The largest absolute Gasteiger partial charge is 0.370 e. The van der Waals surface area contributed by atoms with Gasteiger partial charge in [-0.15, -0.1) is 11.6 Å². The van der Waals surface area contributed by atoms with Crippen LogP contribution in [0.1, 0.15) is 43.7 Å². The van der Waals surface area contributed by atoms with Crippen molar-refractivity contribution in [1.82, 2.24) is 9.88 Å². The quantitative estimate of drug-likeness (QED) is 0.387. The Hall–Kier alpha value is -1.62. The number of likely N-dealkylation sites (tertiary alicyclic amines) is 1. The molecular weight excluding hydrogens is 444 g/mol. The van der Waals surface area contributed by atoms with Crippen LogP contribution in [0.2, 0.25) is 5.02 Å². The van der Waals surface area contributed by atoms with Gasteiger partial charge in [-0.3, -0.25) is 4.90 Å². The van der Waals surface area contributed by atoms with E-state index in [1.807, 2.05) is 12.1 Å². The second kappa shape index (κ2) is 8.00. The first-order chi connectivity index (χ1) is 15.6. The van der Waals surface area contributed by atoms with E-state index in [1.54, 1.807) is 6.07 Å². The van der Waals surface area contributed by atoms with Crippen molar-refractivity contribution in [2.75, 3.05) is 11.9 Å². The summed E-state index contributed by atoms with van der Waals surface area (Å²) < 4.78 is 13.2. The molecular formula is C26H28Cl2FN3. The predicted octanol–water partition coefficient (Wildman–Crippen LogP) is 6.45. The first-order valence-corrected chi connectivity index (χ1v) is 12.6. The molecule has 4 aliphatic rings. The van der Waals surface area contributed by atoms with Gasteiger partial charge in [0.1, 0.15) is 11.6 Å². The van der Waals surface area contributed by atoms with Gasteiger partial charge in [0, 0.05) is 35.1 Å². The Morgan fingerprint density at radius 3 is 2.75 bits per heavy atom. The molecule has 2 heterocycles. The number of aromatic nitrogens is 1. The van der Waals surface area contributed by atoms with Gasteiger partial charge >= 0.3 is 0 Å². The number of benzene rings is 1. The van der Waals surface area contributed by atoms with Crippen molar-refractivity contribution in [2.45, 2.75) is 55.6 Å². The Morgan fingerprint density at radius 1 is 1.19 bits per heavy atom. The van der Waals surface area contributed by atoms with Crippen molar-refractivity contribution in [1.29, 1.82) is 0 Å². The second-order valence-electron chi connectivity index (χ2n) is 9.89. The van der Waals surface area contributed by atoms with Gasteiger partial charge < -0.3 is 5.32 Å². The third-order valence-electron chi connectivity index (χ3n) is 8.68. The molecule has 1 aromatic heterocycles. The number of hydrogen-bond acceptors (Lipinski definition) is 3. The molecule has 32 heavy (non-hydrogen) atoms. The minimum atomic E-state index is -0.299. The molecule has 0 amide bonds. The summed E-state index contributed by atoms with van der Waals surface area (Å²) in [4.78, 5) is 6.93. The number of nitrogens with zero attached hydrogens (tertiary/aromatic N) is 2. The van der Waals surface area contributed by atoms with Crippen molar-refractivity contribution in [2.24, 2.45) is 17.3 Å². The van der Waals surface area contributed by atoms with Gasteiger partial charge in [0.25, 0.3) is 0 Å². The molecule has 7 atom stereocenters. The highest BCUT2D eigenvalue weighted by atomic mass is 35.5. The number of halogens is 3. The fraction of sp³-hybridized carbons (Fsp3) is 0.500. The molecule has 7 unspecified atom stereocenters. The van der Waals surface area contributed by atoms with Crippen LogP contribution in [-0.2, 0) is 0 Å². The lowest BCUT2D eigenvalue weighted by Crippen LogP contribution is -2.86. The summed E-state index contributed by atoms with van der Waals surface area (Å²) in [7, 11) is 0. The first-order valence-electron chi connectivity index (χ1n) is 11.8. The number of pyridine rings is 1. The summed E-state index contributed by atoms with van der Waals surface area (Å²) in [6.07, 6.45) is 11.6. The summed E-state index contributed by atoms with van der Waals surface area (Å²) in [5.74, 6) is 1.47. The molecule has 0 bridgehead atoms. The van der Waals surface area contributed by atoms with E-state index in [-0.39, 0.29) is 17.2 Å². The Kier molecular flexibility index (Phi) is 5.24. The van der Waals surface area contributed by atoms with Crippen LogP contribution in [-0.4, -0.2) is 33.9 Å². The number of alkyl halides is 1. The van der Waals surface area contributed by atoms with Crippen molar-refractivity contribution in [3.63, 3.8) is 0 Å². The summed E-state index contributed by atoms with van der Waals surface area (Å²) >= 11 is 13.6. The number of nitrogens with one attached hydrogen (secondary N) is 1. The fourth-order valence-corrected chi connectivity index (χ4v) is 7.71. The Balaban J connectivity index is 1.23. The topological polar surface area (TPSA) is 28.2 Å². The molecule has 168 valence electrons. The Labute approximate surface area is 199 Å². The maximum Gasteiger partial charge on any atom is 0.141 e. The van der Waals surface area contributed by atoms with E-state index in [2.05, 4.69) is 39.5 Å². The highest BCUT2D eigenvalue weighted by Crippen LogP contribution is 2.73. The number of hydrogen-bond donors (Lipinski definition) is 1. The van der Waals surface area contributed by atoms with Crippen molar-refractivity contribution < 1.29 is 4.39 Å². The zero-order valence-corrected chi connectivity index (χ0v) is 19.4. The summed E-state index contributed by atoms with van der Waals surface area (Å²) in [5, 5.41) is 4.34. The average molecular weight is 472 g/mol. The lowest BCUT2D eigenvalue weighted by molar-refractivity contribution is -0.317. The summed E-state index contributed by atoms with van der Waals surface area (Å²) in [5.41, 5.74) is 1.65. The molecule has 1 N–H and O–H groups in total. The van der Waals surface area contributed by atoms with Gasteiger partial charge in [0.05, 0.1) is 11.6 Å². The molecule has 6 heteroatoms. The lowest BCUT2D eigenvalue weighted by Gasteiger charge is -2.82. The van der Waals surface area contributed by atoms with Gasteiger partial charge in [-0.25, -0.2) is 9.37 Å². The van der Waals surface area contributed by atoms with Crippen LogP contribution < -0.4 is 5.32 Å². The summed E-state index contributed by atoms with van der Waals surface area (Å²) in [6, 6.07) is 13.0. The highest BCUT2D eigenvalue weighted by molar-refractivity contribution is 6.31. The molecule has 3 nitrogen and oxygen atoms in total. The molecule has 1 aliphatic heterocycles. The van der Waals surface area contributed by atoms with E-state index in [0.717, 1.165) is 30.2 Å². The maximum absolute atomic E-state index is 13.2. The van der Waals surface area contributed by atoms with E-state index in [9.17, 15) is 4.39 Å². The van der Waals surface area contributed by atoms with Crippen LogP contribution in [0.15, 0.2) is 54.7 Å². The van der Waals surface area contributed by atoms with Crippen LogP contribution in [0.5, 0.6) is 0 Å². The van der Waals surface area contributed by atoms with Crippen LogP contribution in [0, 0.1) is 23.1 Å². The Bertz CT molecular complexity index is 1020. The predicted molar refractivity (Wildman–Crippen MR) is 128 cm³/mol. The standard InChI is InChI=1S/C26H28Cl2FN3/c27-20-7-3-1-5-18(20)25(19-6-2-4-8-21(19)28)32-22-11-12-26(22)16(13-23(26)32)14-30-24-10-9-17(29)15-31-24/h1,3-5,7-10,15-16,19,21-23,25H,2,6,11-14H2,(H,30,31).